The van der Waals surface area contributed by atoms with E-state index in [0.29, 0.717) is 17.9 Å². The summed E-state index contributed by atoms with van der Waals surface area (Å²) in [4.78, 5) is 16.3. The summed E-state index contributed by atoms with van der Waals surface area (Å²) in [6, 6.07) is 37.6. The zero-order valence-electron chi connectivity index (χ0n) is 22.4. The summed E-state index contributed by atoms with van der Waals surface area (Å²) in [5, 5.41) is 15.2. The number of hydrogen-bond acceptors (Lipinski definition) is 5. The molecule has 0 aliphatic heterocycles. The van der Waals surface area contributed by atoms with Crippen molar-refractivity contribution in [1.29, 1.82) is 0 Å². The third-order valence-electron chi connectivity index (χ3n) is 6.25. The van der Waals surface area contributed by atoms with E-state index in [9.17, 15) is 9.90 Å². The number of hydrogen-bond donors (Lipinski definition) is 1. The van der Waals surface area contributed by atoms with Gasteiger partial charge in [-0.15, -0.1) is 0 Å². The second-order valence-electron chi connectivity index (χ2n) is 9.25. The van der Waals surface area contributed by atoms with Crippen LogP contribution >= 0.6 is 0 Å². The Kier molecular flexibility index (Phi) is 8.99. The van der Waals surface area contributed by atoms with Crippen LogP contribution in [0.25, 0.3) is 11.1 Å². The van der Waals surface area contributed by atoms with Crippen LogP contribution in [0.15, 0.2) is 139 Å². The molecular formula is C34H29N3O4. The highest BCUT2D eigenvalue weighted by atomic mass is 16.5. The van der Waals surface area contributed by atoms with Crippen LogP contribution in [0.3, 0.4) is 0 Å². The van der Waals surface area contributed by atoms with Crippen molar-refractivity contribution in [3.63, 3.8) is 0 Å². The first-order valence-electron chi connectivity index (χ1n) is 13.2. The molecule has 5 aromatic rings. The standard InChI is InChI=1S/C34H29N3O4/c38-33(29-13-5-2-6-14-29)41-25-37-21-9-10-27(23-37)22-35-34(39)36-30-19-17-26(18-20-30)24-40-32-16-8-7-15-31(32)28-11-3-1-4-12-28/h1-21,23H,22,24-25H2,(H-,35,36,39). The lowest BCUT2D eigenvalue weighted by Crippen LogP contribution is -2.36. The Morgan fingerprint density at radius 2 is 1.49 bits per heavy atom. The van der Waals surface area contributed by atoms with Gasteiger partial charge in [-0.05, 0) is 47.5 Å². The van der Waals surface area contributed by atoms with Gasteiger partial charge in [-0.25, -0.2) is 4.79 Å². The average molecular weight is 544 g/mol. The number of esters is 1. The fraction of sp³-hybridized carbons (Fsp3) is 0.0882. The monoisotopic (exact) mass is 543 g/mol. The van der Waals surface area contributed by atoms with Gasteiger partial charge in [0, 0.05) is 22.9 Å². The van der Waals surface area contributed by atoms with Gasteiger partial charge in [0.1, 0.15) is 12.4 Å². The summed E-state index contributed by atoms with van der Waals surface area (Å²) in [6.45, 7) is 0.644. The summed E-state index contributed by atoms with van der Waals surface area (Å²) in [5.74, 6) is 0.411. The predicted molar refractivity (Wildman–Crippen MR) is 156 cm³/mol. The number of rotatable bonds is 10. The highest BCUT2D eigenvalue weighted by Gasteiger charge is 2.10. The predicted octanol–water partition coefficient (Wildman–Crippen LogP) is 5.36. The smallest absolute Gasteiger partial charge is 0.342 e. The van der Waals surface area contributed by atoms with Crippen molar-refractivity contribution in [1.82, 2.24) is 0 Å². The molecule has 0 saturated carbocycles. The van der Waals surface area contributed by atoms with Crippen molar-refractivity contribution in [2.24, 2.45) is 4.99 Å². The fourth-order valence-corrected chi connectivity index (χ4v) is 4.16. The van der Waals surface area contributed by atoms with Gasteiger partial charge in [-0.2, -0.15) is 4.57 Å². The number of carbonyl (C=O) groups excluding carboxylic acids is 1. The second-order valence-corrected chi connectivity index (χ2v) is 9.25. The van der Waals surface area contributed by atoms with E-state index in [0.717, 1.165) is 28.0 Å². The topological polar surface area (TPSA) is 86.9 Å². The van der Waals surface area contributed by atoms with Gasteiger partial charge < -0.3 is 19.9 Å². The van der Waals surface area contributed by atoms with Crippen LogP contribution in [0.5, 0.6) is 5.75 Å². The lowest BCUT2D eigenvalue weighted by atomic mass is 10.0. The van der Waals surface area contributed by atoms with E-state index in [1.54, 1.807) is 41.2 Å². The molecule has 0 unspecified atom stereocenters. The minimum absolute atomic E-state index is 0.0572. The molecule has 5 rings (SSSR count). The van der Waals surface area contributed by atoms with Crippen LogP contribution in [-0.4, -0.2) is 12.0 Å². The molecule has 7 heteroatoms. The van der Waals surface area contributed by atoms with Gasteiger partial charge in [0.2, 0.25) is 0 Å². The normalized spacial score (nSPS) is 11.1. The van der Waals surface area contributed by atoms with Gasteiger partial charge in [-0.1, -0.05) is 78.9 Å². The Hall–Kier alpha value is -5.43. The molecule has 41 heavy (non-hydrogen) atoms. The van der Waals surface area contributed by atoms with Gasteiger partial charge in [0.15, 0.2) is 12.4 Å². The molecule has 1 heterocycles. The number of amidine groups is 1. The molecule has 0 aliphatic rings. The van der Waals surface area contributed by atoms with Crippen LogP contribution < -0.4 is 19.7 Å². The number of nitrogens with one attached hydrogen (secondary N) is 1. The number of aromatic nitrogens is 1. The maximum absolute atomic E-state index is 12.4. The summed E-state index contributed by atoms with van der Waals surface area (Å²) in [6.07, 6.45) is 3.58. The largest absolute Gasteiger partial charge is 0.846 e. The minimum Gasteiger partial charge on any atom is -0.846 e. The van der Waals surface area contributed by atoms with E-state index in [1.807, 2.05) is 84.9 Å². The molecule has 0 radical (unpaired) electrons. The van der Waals surface area contributed by atoms with Crippen molar-refractivity contribution >= 4 is 17.7 Å². The van der Waals surface area contributed by atoms with Crippen LogP contribution in [0.2, 0.25) is 0 Å². The van der Waals surface area contributed by atoms with Crippen LogP contribution in [-0.2, 0) is 24.6 Å². The lowest BCUT2D eigenvalue weighted by molar-refractivity contribution is -0.727. The fourth-order valence-electron chi connectivity index (χ4n) is 4.16. The van der Waals surface area contributed by atoms with Crippen molar-refractivity contribution < 1.29 is 23.9 Å². The molecule has 7 nitrogen and oxygen atoms in total. The highest BCUT2D eigenvalue weighted by Crippen LogP contribution is 2.30. The maximum Gasteiger partial charge on any atom is 0.342 e. The number of aliphatic imine (C=N–C) groups is 1. The van der Waals surface area contributed by atoms with Gasteiger partial charge in [-0.3, -0.25) is 4.99 Å². The van der Waals surface area contributed by atoms with Crippen LogP contribution in [0, 0.1) is 0 Å². The zero-order chi connectivity index (χ0) is 28.3. The van der Waals surface area contributed by atoms with Crippen LogP contribution in [0.1, 0.15) is 21.5 Å². The van der Waals surface area contributed by atoms with E-state index in [-0.39, 0.29) is 13.3 Å². The number of pyridine rings is 1. The number of para-hydroxylation sites is 1. The summed E-state index contributed by atoms with van der Waals surface area (Å²) < 4.78 is 13.2. The number of ether oxygens (including phenoxy) is 2. The lowest BCUT2D eigenvalue weighted by Gasteiger charge is -2.15. The first-order chi connectivity index (χ1) is 20.1. The summed E-state index contributed by atoms with van der Waals surface area (Å²) >= 11 is 0. The molecular weight excluding hydrogens is 514 g/mol. The van der Waals surface area contributed by atoms with Gasteiger partial charge in [0.05, 0.1) is 18.1 Å². The Bertz CT molecular complexity index is 1600. The molecule has 0 aliphatic carbocycles. The molecule has 4 aromatic carbocycles. The Labute approximate surface area is 239 Å². The second kappa shape index (κ2) is 13.6. The minimum atomic E-state index is -0.448. The average Bonchev–Trinajstić information content (AvgIpc) is 3.03. The SMILES string of the molecule is O=C(OC[n+]1cccc(CN=C([O-])Nc2ccc(COc3ccccc3-c3ccccc3)cc2)c1)c1ccccc1. The van der Waals surface area contributed by atoms with Crippen molar-refractivity contribution in [2.75, 3.05) is 5.32 Å². The first-order valence-corrected chi connectivity index (χ1v) is 13.2. The molecule has 1 N–H and O–H groups in total. The van der Waals surface area contributed by atoms with E-state index in [1.165, 1.54) is 0 Å². The van der Waals surface area contributed by atoms with Crippen molar-refractivity contribution in [2.45, 2.75) is 19.9 Å². The molecule has 0 atom stereocenters. The maximum atomic E-state index is 12.4. The third-order valence-corrected chi connectivity index (χ3v) is 6.25. The van der Waals surface area contributed by atoms with E-state index in [2.05, 4.69) is 22.4 Å². The van der Waals surface area contributed by atoms with Gasteiger partial charge >= 0.3 is 5.97 Å². The highest BCUT2D eigenvalue weighted by molar-refractivity contribution is 5.89. The van der Waals surface area contributed by atoms with E-state index >= 15 is 0 Å². The summed E-state index contributed by atoms with van der Waals surface area (Å²) in [7, 11) is 0. The van der Waals surface area contributed by atoms with Crippen molar-refractivity contribution in [3.05, 3.63) is 150 Å². The van der Waals surface area contributed by atoms with Crippen LogP contribution in [0.4, 0.5) is 5.69 Å². The molecule has 0 saturated heterocycles. The quantitative estimate of drug-likeness (QED) is 0.111. The Balaban J connectivity index is 1.12. The number of anilines is 1. The molecule has 204 valence electrons. The molecule has 1 aromatic heterocycles. The molecule has 0 bridgehead atoms. The zero-order valence-corrected chi connectivity index (χ0v) is 22.4. The Morgan fingerprint density at radius 3 is 2.27 bits per heavy atom. The Morgan fingerprint density at radius 1 is 0.780 bits per heavy atom. The van der Waals surface area contributed by atoms with Gasteiger partial charge in [0.25, 0.3) is 6.73 Å². The van der Waals surface area contributed by atoms with E-state index < -0.39 is 12.0 Å². The molecule has 0 spiro atoms. The number of benzene rings is 4. The van der Waals surface area contributed by atoms with E-state index in [4.69, 9.17) is 9.47 Å². The molecule has 0 fully saturated rings. The number of carbonyl (C=O) groups is 1. The molecule has 0 amide bonds. The first kappa shape index (κ1) is 27.1. The van der Waals surface area contributed by atoms with Crippen molar-refractivity contribution in [3.8, 4) is 16.9 Å². The third kappa shape index (κ3) is 7.80. The summed E-state index contributed by atoms with van der Waals surface area (Å²) in [5.41, 5.74) is 5.05. The number of nitrogens with zero attached hydrogens (tertiary/aromatic N) is 2.